The van der Waals surface area contributed by atoms with Crippen molar-refractivity contribution in [3.63, 3.8) is 0 Å². The standard InChI is InChI=1S/C17H26N6S2/c1-13-20-21-15(22(13)4)11-19-16(18-10-14-6-5-8-24-14)23-7-9-25-17(2,3)12-23/h5-6,8H,7,9-12H2,1-4H3,(H,18,19). The Morgan fingerprint density at radius 2 is 2.24 bits per heavy atom. The maximum Gasteiger partial charge on any atom is 0.194 e. The second-order valence-electron chi connectivity index (χ2n) is 6.82. The summed E-state index contributed by atoms with van der Waals surface area (Å²) in [4.78, 5) is 8.54. The maximum absolute atomic E-state index is 4.86. The molecule has 0 spiro atoms. The third-order valence-electron chi connectivity index (χ3n) is 4.28. The quantitative estimate of drug-likeness (QED) is 0.655. The van der Waals surface area contributed by atoms with Gasteiger partial charge in [0.15, 0.2) is 11.8 Å². The molecule has 25 heavy (non-hydrogen) atoms. The van der Waals surface area contributed by atoms with Gasteiger partial charge in [-0.05, 0) is 32.2 Å². The molecule has 1 fully saturated rings. The third kappa shape index (κ3) is 4.76. The Kier molecular flexibility index (Phi) is 5.68. The normalized spacial score (nSPS) is 17.8. The van der Waals surface area contributed by atoms with Crippen molar-refractivity contribution in [3.8, 4) is 0 Å². The van der Waals surface area contributed by atoms with Gasteiger partial charge in [0.25, 0.3) is 0 Å². The number of guanidine groups is 1. The molecule has 0 radical (unpaired) electrons. The average molecular weight is 379 g/mol. The van der Waals surface area contributed by atoms with Gasteiger partial charge in [0.2, 0.25) is 0 Å². The molecule has 1 saturated heterocycles. The third-order valence-corrected chi connectivity index (χ3v) is 6.45. The largest absolute Gasteiger partial charge is 0.351 e. The molecule has 3 rings (SSSR count). The van der Waals surface area contributed by atoms with Crippen LogP contribution in [0.1, 0.15) is 30.4 Å². The minimum absolute atomic E-state index is 0.241. The highest BCUT2D eigenvalue weighted by atomic mass is 32.2. The second-order valence-corrected chi connectivity index (χ2v) is 9.66. The first kappa shape index (κ1) is 18.3. The summed E-state index contributed by atoms with van der Waals surface area (Å²) < 4.78 is 2.24. The van der Waals surface area contributed by atoms with Gasteiger partial charge >= 0.3 is 0 Å². The van der Waals surface area contributed by atoms with Crippen molar-refractivity contribution in [2.45, 2.75) is 38.6 Å². The zero-order valence-electron chi connectivity index (χ0n) is 15.3. The molecule has 0 unspecified atom stereocenters. The van der Waals surface area contributed by atoms with Crippen LogP contribution in [0.3, 0.4) is 0 Å². The van der Waals surface area contributed by atoms with Gasteiger partial charge in [0, 0.05) is 35.5 Å². The van der Waals surface area contributed by atoms with E-state index in [0.29, 0.717) is 6.54 Å². The Morgan fingerprint density at radius 1 is 1.40 bits per heavy atom. The molecule has 0 atom stereocenters. The highest BCUT2D eigenvalue weighted by Crippen LogP contribution is 2.29. The summed E-state index contributed by atoms with van der Waals surface area (Å²) in [5.41, 5.74) is 0. The highest BCUT2D eigenvalue weighted by Gasteiger charge is 2.28. The molecule has 1 aliphatic rings. The summed E-state index contributed by atoms with van der Waals surface area (Å²) in [6, 6.07) is 4.23. The second kappa shape index (κ2) is 7.78. The predicted octanol–water partition coefficient (Wildman–Crippen LogP) is 2.66. The van der Waals surface area contributed by atoms with Crippen LogP contribution in [0.2, 0.25) is 0 Å². The van der Waals surface area contributed by atoms with Crippen molar-refractivity contribution < 1.29 is 0 Å². The SMILES string of the molecule is Cc1nnc(CN=C(NCc2cccs2)N2CCSC(C)(C)C2)n1C. The van der Waals surface area contributed by atoms with Gasteiger partial charge in [-0.15, -0.1) is 21.5 Å². The monoisotopic (exact) mass is 378 g/mol. The molecule has 2 aromatic rings. The topological polar surface area (TPSA) is 58.3 Å². The number of aliphatic imine (C=N–C) groups is 1. The van der Waals surface area contributed by atoms with Crippen LogP contribution in [-0.2, 0) is 20.1 Å². The van der Waals surface area contributed by atoms with Gasteiger partial charge in [0.05, 0.1) is 6.54 Å². The van der Waals surface area contributed by atoms with E-state index < -0.39 is 0 Å². The van der Waals surface area contributed by atoms with Crippen molar-refractivity contribution in [2.24, 2.45) is 12.0 Å². The zero-order valence-corrected chi connectivity index (χ0v) is 17.0. The molecular weight excluding hydrogens is 352 g/mol. The number of thiophene rings is 1. The van der Waals surface area contributed by atoms with E-state index in [1.165, 1.54) is 4.88 Å². The van der Waals surface area contributed by atoms with E-state index in [9.17, 15) is 0 Å². The van der Waals surface area contributed by atoms with Crippen molar-refractivity contribution in [1.29, 1.82) is 0 Å². The van der Waals surface area contributed by atoms with Gasteiger partial charge in [-0.2, -0.15) is 11.8 Å². The molecule has 0 aliphatic carbocycles. The van der Waals surface area contributed by atoms with E-state index in [-0.39, 0.29) is 4.75 Å². The van der Waals surface area contributed by atoms with Crippen LogP contribution in [0.4, 0.5) is 0 Å². The number of thioether (sulfide) groups is 1. The van der Waals surface area contributed by atoms with E-state index in [1.807, 2.05) is 30.3 Å². The summed E-state index contributed by atoms with van der Waals surface area (Å²) >= 11 is 3.79. The Balaban J connectivity index is 1.75. The summed E-state index contributed by atoms with van der Waals surface area (Å²) in [7, 11) is 1.99. The smallest absolute Gasteiger partial charge is 0.194 e. The molecule has 136 valence electrons. The lowest BCUT2D eigenvalue weighted by molar-refractivity contribution is 0.374. The minimum Gasteiger partial charge on any atom is -0.351 e. The molecule has 3 heterocycles. The van der Waals surface area contributed by atoms with Gasteiger partial charge in [-0.3, -0.25) is 0 Å². The van der Waals surface area contributed by atoms with Crippen LogP contribution in [0.5, 0.6) is 0 Å². The minimum atomic E-state index is 0.241. The van der Waals surface area contributed by atoms with Crippen molar-refractivity contribution in [2.75, 3.05) is 18.8 Å². The summed E-state index contributed by atoms with van der Waals surface area (Å²) in [6.45, 7) is 9.90. The Hall–Kier alpha value is -1.54. The number of hydrogen-bond acceptors (Lipinski definition) is 5. The number of nitrogens with one attached hydrogen (secondary N) is 1. The highest BCUT2D eigenvalue weighted by molar-refractivity contribution is 8.00. The Bertz CT molecular complexity index is 720. The van der Waals surface area contributed by atoms with Crippen LogP contribution in [0.15, 0.2) is 22.5 Å². The molecule has 1 N–H and O–H groups in total. The van der Waals surface area contributed by atoms with Gasteiger partial charge in [-0.25, -0.2) is 4.99 Å². The van der Waals surface area contributed by atoms with Crippen LogP contribution < -0.4 is 5.32 Å². The van der Waals surface area contributed by atoms with Crippen LogP contribution >= 0.6 is 23.1 Å². The van der Waals surface area contributed by atoms with Crippen molar-refractivity contribution >= 4 is 29.1 Å². The predicted molar refractivity (Wildman–Crippen MR) is 106 cm³/mol. The Morgan fingerprint density at radius 3 is 2.88 bits per heavy atom. The number of rotatable bonds is 4. The van der Waals surface area contributed by atoms with Gasteiger partial charge in [-0.1, -0.05) is 6.07 Å². The summed E-state index contributed by atoms with van der Waals surface area (Å²) in [5.74, 6) is 3.88. The number of hydrogen-bond donors (Lipinski definition) is 1. The first-order valence-electron chi connectivity index (χ1n) is 8.49. The molecular formula is C17H26N6S2. The zero-order chi connectivity index (χ0) is 17.9. The fourth-order valence-electron chi connectivity index (χ4n) is 2.78. The molecule has 0 bridgehead atoms. The van der Waals surface area contributed by atoms with Crippen molar-refractivity contribution in [3.05, 3.63) is 34.0 Å². The van der Waals surface area contributed by atoms with E-state index in [0.717, 1.165) is 43.0 Å². The fraction of sp³-hybridized carbons (Fsp3) is 0.588. The fourth-order valence-corrected chi connectivity index (χ4v) is 4.53. The average Bonchev–Trinajstić information content (AvgIpc) is 3.19. The van der Waals surface area contributed by atoms with Gasteiger partial charge < -0.3 is 14.8 Å². The molecule has 2 aromatic heterocycles. The van der Waals surface area contributed by atoms with Crippen molar-refractivity contribution in [1.82, 2.24) is 25.0 Å². The summed E-state index contributed by atoms with van der Waals surface area (Å²) in [6.07, 6.45) is 0. The van der Waals surface area contributed by atoms with E-state index in [2.05, 4.69) is 51.8 Å². The van der Waals surface area contributed by atoms with E-state index >= 15 is 0 Å². The van der Waals surface area contributed by atoms with Crippen LogP contribution in [-0.4, -0.2) is 49.2 Å². The number of aryl methyl sites for hydroxylation is 1. The van der Waals surface area contributed by atoms with Gasteiger partial charge in [0.1, 0.15) is 12.4 Å². The lowest BCUT2D eigenvalue weighted by atomic mass is 10.2. The van der Waals surface area contributed by atoms with E-state index in [4.69, 9.17) is 4.99 Å². The molecule has 0 aromatic carbocycles. The van der Waals surface area contributed by atoms with Crippen LogP contribution in [0, 0.1) is 6.92 Å². The first-order valence-corrected chi connectivity index (χ1v) is 10.4. The first-order chi connectivity index (χ1) is 11.9. The number of nitrogens with zero attached hydrogens (tertiary/aromatic N) is 5. The molecule has 6 nitrogen and oxygen atoms in total. The molecule has 1 aliphatic heterocycles. The number of aromatic nitrogens is 3. The Labute approximate surface area is 157 Å². The lowest BCUT2D eigenvalue weighted by Crippen LogP contribution is -2.50. The van der Waals surface area contributed by atoms with E-state index in [1.54, 1.807) is 11.3 Å². The summed E-state index contributed by atoms with van der Waals surface area (Å²) in [5, 5.41) is 14.0. The molecule has 0 amide bonds. The van der Waals surface area contributed by atoms with Crippen LogP contribution in [0.25, 0.3) is 0 Å². The molecule has 0 saturated carbocycles. The maximum atomic E-state index is 4.86. The molecule has 8 heteroatoms. The lowest BCUT2D eigenvalue weighted by Gasteiger charge is -2.39.